The molecule has 1 fully saturated rings. The average molecular weight is 201 g/mol. The minimum absolute atomic E-state index is 0.368. The maximum absolute atomic E-state index is 11.4. The third kappa shape index (κ3) is 2.59. The molecule has 1 atom stereocenters. The van der Waals surface area contributed by atoms with Gasteiger partial charge in [-0.2, -0.15) is 0 Å². The normalized spacial score (nSPS) is 27.1. The Bertz CT molecular complexity index is 229. The molecule has 14 heavy (non-hydrogen) atoms. The zero-order valence-corrected chi connectivity index (χ0v) is 9.26. The van der Waals surface area contributed by atoms with Gasteiger partial charge >= 0.3 is 6.09 Å². The molecule has 0 bridgehead atoms. The molecule has 0 radical (unpaired) electrons. The van der Waals surface area contributed by atoms with E-state index in [2.05, 4.69) is 5.43 Å². The highest BCUT2D eigenvalue weighted by Gasteiger charge is 2.41. The van der Waals surface area contributed by atoms with Crippen LogP contribution in [-0.4, -0.2) is 28.9 Å². The van der Waals surface area contributed by atoms with Crippen LogP contribution >= 0.6 is 0 Å². The number of rotatable bonds is 1. The van der Waals surface area contributed by atoms with Crippen molar-refractivity contribution in [1.29, 1.82) is 0 Å². The quantitative estimate of drug-likeness (QED) is 0.658. The van der Waals surface area contributed by atoms with Crippen molar-refractivity contribution in [2.75, 3.05) is 6.54 Å². The second kappa shape index (κ2) is 3.40. The first-order valence-corrected chi connectivity index (χ1v) is 4.83. The predicted molar refractivity (Wildman–Crippen MR) is 53.3 cm³/mol. The summed E-state index contributed by atoms with van der Waals surface area (Å²) in [5.74, 6) is 0. The van der Waals surface area contributed by atoms with Crippen LogP contribution in [0.5, 0.6) is 0 Å². The predicted octanol–water partition coefficient (Wildman–Crippen LogP) is 0.807. The smallest absolute Gasteiger partial charge is 0.424 e. The zero-order valence-electron chi connectivity index (χ0n) is 9.26. The molecule has 1 aliphatic heterocycles. The van der Waals surface area contributed by atoms with Crippen molar-refractivity contribution in [2.45, 2.75) is 45.4 Å². The van der Waals surface area contributed by atoms with Gasteiger partial charge in [0.25, 0.3) is 0 Å². The number of nitrogens with one attached hydrogen (secondary N) is 1. The number of hydrazine groups is 1. The number of nitrogens with zero attached hydrogens (tertiary/aromatic N) is 1. The Kier molecular flexibility index (Phi) is 2.74. The first-order valence-electron chi connectivity index (χ1n) is 4.83. The Balaban J connectivity index is 2.37. The zero-order chi connectivity index (χ0) is 11.0. The van der Waals surface area contributed by atoms with Crippen molar-refractivity contribution in [2.24, 2.45) is 5.73 Å². The summed E-state index contributed by atoms with van der Waals surface area (Å²) < 4.78 is 5.15. The van der Waals surface area contributed by atoms with Gasteiger partial charge in [0.05, 0.1) is 6.54 Å². The molecule has 0 aliphatic carbocycles. The lowest BCUT2D eigenvalue weighted by molar-refractivity contribution is -0.0543. The molecule has 82 valence electrons. The average Bonchev–Trinajstić information content (AvgIpc) is 1.95. The Morgan fingerprint density at radius 1 is 1.64 bits per heavy atom. The number of carbonyl (C=O) groups excluding carboxylic acids is 1. The van der Waals surface area contributed by atoms with E-state index < -0.39 is 11.3 Å². The van der Waals surface area contributed by atoms with E-state index in [1.165, 1.54) is 5.01 Å². The Morgan fingerprint density at radius 2 is 2.14 bits per heavy atom. The molecule has 1 unspecified atom stereocenters. The van der Waals surface area contributed by atoms with Crippen LogP contribution in [0.3, 0.4) is 0 Å². The summed E-state index contributed by atoms with van der Waals surface area (Å²) in [6.45, 7) is 7.97. The van der Waals surface area contributed by atoms with E-state index in [0.29, 0.717) is 6.54 Å². The fourth-order valence-electron chi connectivity index (χ4n) is 1.15. The minimum atomic E-state index is -0.460. The third-order valence-electron chi connectivity index (χ3n) is 2.04. The van der Waals surface area contributed by atoms with Crippen LogP contribution in [0.25, 0.3) is 0 Å². The van der Waals surface area contributed by atoms with Crippen molar-refractivity contribution in [3.05, 3.63) is 0 Å². The standard InChI is InChI=1S/C9H19N3O2/c1-5-9(10)6-12(11-9)7(13)14-8(2,3)4/h11H,5-6,10H2,1-4H3. The minimum Gasteiger partial charge on any atom is -0.443 e. The lowest BCUT2D eigenvalue weighted by Crippen LogP contribution is -2.77. The number of hydrogen-bond acceptors (Lipinski definition) is 4. The first-order chi connectivity index (χ1) is 6.26. The first kappa shape index (κ1) is 11.3. The molecule has 5 heteroatoms. The Labute approximate surface area is 84.5 Å². The molecule has 0 aromatic rings. The topological polar surface area (TPSA) is 67.6 Å². The van der Waals surface area contributed by atoms with Gasteiger partial charge in [0, 0.05) is 0 Å². The van der Waals surface area contributed by atoms with Crippen LogP contribution < -0.4 is 11.2 Å². The number of amides is 1. The maximum atomic E-state index is 11.4. The van der Waals surface area contributed by atoms with Crippen LogP contribution in [-0.2, 0) is 4.74 Å². The third-order valence-corrected chi connectivity index (χ3v) is 2.04. The molecule has 1 amide bonds. The van der Waals surface area contributed by atoms with E-state index in [-0.39, 0.29) is 6.09 Å². The van der Waals surface area contributed by atoms with Gasteiger partial charge in [0.1, 0.15) is 11.3 Å². The molecule has 1 rings (SSSR count). The highest BCUT2D eigenvalue weighted by Crippen LogP contribution is 2.18. The fourth-order valence-corrected chi connectivity index (χ4v) is 1.15. The largest absolute Gasteiger partial charge is 0.443 e. The molecule has 1 heterocycles. The molecule has 0 aromatic heterocycles. The number of ether oxygens (including phenoxy) is 1. The highest BCUT2D eigenvalue weighted by atomic mass is 16.6. The van der Waals surface area contributed by atoms with Gasteiger partial charge in [-0.1, -0.05) is 6.92 Å². The van der Waals surface area contributed by atoms with Crippen molar-refractivity contribution in [1.82, 2.24) is 10.4 Å². The molecule has 1 saturated heterocycles. The summed E-state index contributed by atoms with van der Waals surface area (Å²) in [6, 6.07) is 0. The van der Waals surface area contributed by atoms with Gasteiger partial charge in [-0.15, -0.1) is 0 Å². The van der Waals surface area contributed by atoms with Crippen molar-refractivity contribution < 1.29 is 9.53 Å². The lowest BCUT2D eigenvalue weighted by atomic mass is 10.1. The van der Waals surface area contributed by atoms with Crippen molar-refractivity contribution in [3.63, 3.8) is 0 Å². The van der Waals surface area contributed by atoms with Gasteiger partial charge in [-0.05, 0) is 27.2 Å². The van der Waals surface area contributed by atoms with E-state index in [0.717, 1.165) is 6.42 Å². The van der Waals surface area contributed by atoms with Crippen LogP contribution in [0, 0.1) is 0 Å². The summed E-state index contributed by atoms with van der Waals surface area (Å²) in [5.41, 5.74) is 7.80. The molecule has 0 saturated carbocycles. The Hall–Kier alpha value is -0.810. The van der Waals surface area contributed by atoms with Crippen LogP contribution in [0.4, 0.5) is 4.79 Å². The Morgan fingerprint density at radius 3 is 2.50 bits per heavy atom. The van der Waals surface area contributed by atoms with Gasteiger partial charge in [-0.25, -0.2) is 15.2 Å². The fraction of sp³-hybridized carbons (Fsp3) is 0.889. The van der Waals surface area contributed by atoms with Gasteiger partial charge in [0.2, 0.25) is 0 Å². The second-order valence-electron chi connectivity index (χ2n) is 4.69. The summed E-state index contributed by atoms with van der Waals surface area (Å²) in [6.07, 6.45) is 0.416. The second-order valence-corrected chi connectivity index (χ2v) is 4.69. The van der Waals surface area contributed by atoms with Crippen LogP contribution in [0.1, 0.15) is 34.1 Å². The van der Waals surface area contributed by atoms with E-state index in [4.69, 9.17) is 10.5 Å². The molecule has 0 aromatic carbocycles. The SMILES string of the molecule is CCC1(N)CN(C(=O)OC(C)(C)C)N1. The number of carbonyl (C=O) groups is 1. The van der Waals surface area contributed by atoms with Crippen LogP contribution in [0.15, 0.2) is 0 Å². The van der Waals surface area contributed by atoms with Crippen molar-refractivity contribution in [3.8, 4) is 0 Å². The van der Waals surface area contributed by atoms with Gasteiger partial charge in [0.15, 0.2) is 0 Å². The monoisotopic (exact) mass is 201 g/mol. The van der Waals surface area contributed by atoms with E-state index in [9.17, 15) is 4.79 Å². The summed E-state index contributed by atoms with van der Waals surface area (Å²) in [5, 5.41) is 1.40. The summed E-state index contributed by atoms with van der Waals surface area (Å²) >= 11 is 0. The molecule has 1 aliphatic rings. The molecular formula is C9H19N3O2. The summed E-state index contributed by atoms with van der Waals surface area (Å²) in [4.78, 5) is 11.4. The van der Waals surface area contributed by atoms with E-state index in [1.54, 1.807) is 0 Å². The molecule has 5 nitrogen and oxygen atoms in total. The van der Waals surface area contributed by atoms with E-state index >= 15 is 0 Å². The molecular weight excluding hydrogens is 182 g/mol. The van der Waals surface area contributed by atoms with E-state index in [1.807, 2.05) is 27.7 Å². The molecule has 0 spiro atoms. The van der Waals surface area contributed by atoms with Crippen LogP contribution in [0.2, 0.25) is 0 Å². The number of hydrogen-bond donors (Lipinski definition) is 2. The highest BCUT2D eigenvalue weighted by molar-refractivity contribution is 5.68. The maximum Gasteiger partial charge on any atom is 0.424 e. The van der Waals surface area contributed by atoms with Gasteiger partial charge in [-0.3, -0.25) is 0 Å². The lowest BCUT2D eigenvalue weighted by Gasteiger charge is -2.47. The number of nitrogens with two attached hydrogens (primary N) is 1. The summed E-state index contributed by atoms with van der Waals surface area (Å²) in [7, 11) is 0. The van der Waals surface area contributed by atoms with Crippen molar-refractivity contribution >= 4 is 6.09 Å². The molecule has 3 N–H and O–H groups in total. The van der Waals surface area contributed by atoms with Gasteiger partial charge < -0.3 is 10.5 Å².